The SMILES string of the molecule is CCCCOC(=O)/C(O)=C(\C=N\C(=S)N=Nc1c(O)[nH]c2ccccc12)C(=O)C=C(C)C. The lowest BCUT2D eigenvalue weighted by Crippen LogP contribution is -2.15. The van der Waals surface area contributed by atoms with Gasteiger partial charge in [0.25, 0.3) is 0 Å². The number of unbranched alkanes of at least 4 members (excludes halogenated alkanes) is 1. The zero-order valence-electron chi connectivity index (χ0n) is 18.0. The molecule has 0 fully saturated rings. The third kappa shape index (κ3) is 6.67. The van der Waals surface area contributed by atoms with Gasteiger partial charge in [0, 0.05) is 11.6 Å². The Morgan fingerprint density at radius 1 is 1.25 bits per heavy atom. The van der Waals surface area contributed by atoms with Gasteiger partial charge in [-0.3, -0.25) is 4.79 Å². The summed E-state index contributed by atoms with van der Waals surface area (Å²) in [4.78, 5) is 31.1. The number of hydrogen-bond acceptors (Lipinski definition) is 7. The second kappa shape index (κ2) is 11.7. The van der Waals surface area contributed by atoms with E-state index in [1.807, 2.05) is 6.92 Å². The fraction of sp³-hybridized carbons (Fsp3) is 0.273. The van der Waals surface area contributed by atoms with Gasteiger partial charge in [0.2, 0.25) is 16.8 Å². The highest BCUT2D eigenvalue weighted by Crippen LogP contribution is 2.35. The number of aromatic amines is 1. The Balaban J connectivity index is 2.27. The van der Waals surface area contributed by atoms with Crippen LogP contribution < -0.4 is 0 Å². The molecule has 1 aromatic heterocycles. The molecule has 0 aliphatic heterocycles. The summed E-state index contributed by atoms with van der Waals surface area (Å²) in [6, 6.07) is 7.08. The number of ether oxygens (including phenoxy) is 1. The number of carbonyl (C=O) groups excluding carboxylic acids is 2. The maximum Gasteiger partial charge on any atom is 0.374 e. The van der Waals surface area contributed by atoms with Crippen LogP contribution in [0.15, 0.2) is 62.5 Å². The van der Waals surface area contributed by atoms with E-state index in [9.17, 15) is 19.8 Å². The summed E-state index contributed by atoms with van der Waals surface area (Å²) < 4.78 is 4.95. The van der Waals surface area contributed by atoms with Gasteiger partial charge >= 0.3 is 5.97 Å². The predicted molar refractivity (Wildman–Crippen MR) is 126 cm³/mol. The molecule has 0 saturated carbocycles. The molecular weight excluding hydrogens is 432 g/mol. The van der Waals surface area contributed by atoms with Crippen LogP contribution in [0.1, 0.15) is 33.6 Å². The van der Waals surface area contributed by atoms with Crippen LogP contribution in [0.2, 0.25) is 0 Å². The summed E-state index contributed by atoms with van der Waals surface area (Å²) in [5.74, 6) is -2.74. The number of esters is 1. The van der Waals surface area contributed by atoms with Crippen molar-refractivity contribution in [2.24, 2.45) is 15.2 Å². The zero-order valence-corrected chi connectivity index (χ0v) is 18.8. The van der Waals surface area contributed by atoms with Crippen LogP contribution in [-0.2, 0) is 14.3 Å². The number of hydrogen-bond donors (Lipinski definition) is 3. The van der Waals surface area contributed by atoms with Crippen LogP contribution in [-0.4, -0.2) is 44.9 Å². The van der Waals surface area contributed by atoms with Crippen molar-refractivity contribution < 1.29 is 24.5 Å². The topological polar surface area (TPSA) is 137 Å². The van der Waals surface area contributed by atoms with Gasteiger partial charge in [-0.05, 0) is 44.6 Å². The van der Waals surface area contributed by atoms with E-state index in [2.05, 4.69) is 20.2 Å². The van der Waals surface area contributed by atoms with Gasteiger partial charge < -0.3 is 19.9 Å². The Labute approximate surface area is 190 Å². The zero-order chi connectivity index (χ0) is 23.7. The number of nitrogens with one attached hydrogen (secondary N) is 1. The fourth-order valence-corrected chi connectivity index (χ4v) is 2.61. The lowest BCUT2D eigenvalue weighted by molar-refractivity contribution is -0.142. The van der Waals surface area contributed by atoms with Gasteiger partial charge in [-0.15, -0.1) is 10.2 Å². The molecule has 0 amide bonds. The van der Waals surface area contributed by atoms with Crippen molar-refractivity contribution in [3.63, 3.8) is 0 Å². The number of aliphatic hydroxyl groups excluding tert-OH is 1. The van der Waals surface area contributed by atoms with Gasteiger partial charge in [0.1, 0.15) is 0 Å². The minimum atomic E-state index is -1.04. The molecule has 0 unspecified atom stereocenters. The standard InChI is InChI=1S/C22H24N4O5S/c1-4-5-10-31-21(30)19(28)15(17(27)11-13(2)3)12-23-22(32)26-25-18-14-8-6-7-9-16(14)24-20(18)29/h6-9,11-12,24,28-29H,4-5,10H2,1-3H3/b19-15-,23-12+,26-25?. The van der Waals surface area contributed by atoms with Crippen molar-refractivity contribution in [3.05, 3.63) is 47.2 Å². The van der Waals surface area contributed by atoms with Crippen molar-refractivity contribution in [1.29, 1.82) is 0 Å². The first-order valence-electron chi connectivity index (χ1n) is 9.83. The number of aromatic nitrogens is 1. The van der Waals surface area contributed by atoms with E-state index < -0.39 is 17.5 Å². The van der Waals surface area contributed by atoms with Gasteiger partial charge in [0.15, 0.2) is 11.5 Å². The third-order valence-corrected chi connectivity index (χ3v) is 4.25. The van der Waals surface area contributed by atoms with Gasteiger partial charge in [-0.25, -0.2) is 9.79 Å². The minimum Gasteiger partial charge on any atom is -0.501 e. The van der Waals surface area contributed by atoms with Crippen molar-refractivity contribution in [2.75, 3.05) is 6.61 Å². The molecular formula is C22H24N4O5S. The van der Waals surface area contributed by atoms with E-state index in [0.29, 0.717) is 22.9 Å². The Morgan fingerprint density at radius 3 is 2.66 bits per heavy atom. The molecule has 0 aliphatic carbocycles. The molecule has 0 atom stereocenters. The monoisotopic (exact) mass is 456 g/mol. The molecule has 168 valence electrons. The summed E-state index contributed by atoms with van der Waals surface area (Å²) in [6.45, 7) is 5.42. The number of allylic oxidation sites excluding steroid dienone is 3. The van der Waals surface area contributed by atoms with E-state index in [0.717, 1.165) is 12.6 Å². The number of aliphatic imine (C=N–C) groups is 1. The van der Waals surface area contributed by atoms with Crippen molar-refractivity contribution >= 4 is 51.9 Å². The molecule has 0 aliphatic rings. The first kappa shape index (κ1) is 24.6. The summed E-state index contributed by atoms with van der Waals surface area (Å²) >= 11 is 5.03. The molecule has 0 bridgehead atoms. The molecule has 0 radical (unpaired) electrons. The first-order valence-corrected chi connectivity index (χ1v) is 10.2. The lowest BCUT2D eigenvalue weighted by Gasteiger charge is -2.05. The summed E-state index contributed by atoms with van der Waals surface area (Å²) in [7, 11) is 0. The van der Waals surface area contributed by atoms with E-state index in [1.54, 1.807) is 38.1 Å². The number of benzene rings is 1. The number of H-pyrrole nitrogens is 1. The van der Waals surface area contributed by atoms with E-state index in [4.69, 9.17) is 17.0 Å². The molecule has 2 aromatic rings. The van der Waals surface area contributed by atoms with E-state index in [-0.39, 0.29) is 28.9 Å². The molecule has 9 nitrogen and oxygen atoms in total. The van der Waals surface area contributed by atoms with Crippen molar-refractivity contribution in [1.82, 2.24) is 4.98 Å². The normalized spacial score (nSPS) is 12.2. The molecule has 10 heteroatoms. The number of para-hydroxylation sites is 1. The maximum absolute atomic E-state index is 12.4. The second-order valence-corrected chi connectivity index (χ2v) is 7.31. The Bertz CT molecular complexity index is 1140. The number of azo groups is 1. The van der Waals surface area contributed by atoms with Crippen LogP contribution in [0.25, 0.3) is 10.9 Å². The van der Waals surface area contributed by atoms with Crippen LogP contribution in [0.4, 0.5) is 5.69 Å². The largest absolute Gasteiger partial charge is 0.501 e. The molecule has 0 saturated heterocycles. The van der Waals surface area contributed by atoms with Gasteiger partial charge in [-0.1, -0.05) is 37.1 Å². The van der Waals surface area contributed by atoms with Crippen LogP contribution >= 0.6 is 12.2 Å². The van der Waals surface area contributed by atoms with Crippen molar-refractivity contribution in [2.45, 2.75) is 33.6 Å². The quantitative estimate of drug-likeness (QED) is 0.0972. The maximum atomic E-state index is 12.4. The Kier molecular flexibility index (Phi) is 8.96. The van der Waals surface area contributed by atoms with Crippen LogP contribution in [0.5, 0.6) is 5.88 Å². The van der Waals surface area contributed by atoms with Crippen LogP contribution in [0.3, 0.4) is 0 Å². The number of nitrogens with zero attached hydrogens (tertiary/aromatic N) is 3. The number of rotatable bonds is 8. The molecule has 3 N–H and O–H groups in total. The van der Waals surface area contributed by atoms with E-state index in [1.165, 1.54) is 6.08 Å². The van der Waals surface area contributed by atoms with E-state index >= 15 is 0 Å². The molecule has 2 rings (SSSR count). The summed E-state index contributed by atoms with van der Waals surface area (Å²) in [6.07, 6.45) is 3.60. The smallest absolute Gasteiger partial charge is 0.374 e. The number of fused-ring (bicyclic) bond motifs is 1. The number of carbonyl (C=O) groups is 2. The summed E-state index contributed by atoms with van der Waals surface area (Å²) in [5.41, 5.74) is 1.11. The average Bonchev–Trinajstić information content (AvgIpc) is 3.06. The Hall–Kier alpha value is -3.66. The fourth-order valence-electron chi connectivity index (χ4n) is 2.52. The minimum absolute atomic E-state index is 0.112. The number of ketones is 1. The number of thiocarbonyl (C=S) groups is 1. The number of aliphatic hydroxyl groups is 1. The third-order valence-electron chi connectivity index (χ3n) is 4.06. The van der Waals surface area contributed by atoms with Crippen LogP contribution in [0, 0.1) is 0 Å². The number of aromatic hydroxyl groups is 1. The molecule has 1 aromatic carbocycles. The van der Waals surface area contributed by atoms with Crippen molar-refractivity contribution in [3.8, 4) is 5.88 Å². The molecule has 32 heavy (non-hydrogen) atoms. The highest BCUT2D eigenvalue weighted by molar-refractivity contribution is 7.80. The highest BCUT2D eigenvalue weighted by Gasteiger charge is 2.19. The predicted octanol–water partition coefficient (Wildman–Crippen LogP) is 5.00. The van der Waals surface area contributed by atoms with Gasteiger partial charge in [-0.2, -0.15) is 0 Å². The first-order chi connectivity index (χ1) is 15.2. The second-order valence-electron chi connectivity index (χ2n) is 6.95. The Morgan fingerprint density at radius 2 is 1.97 bits per heavy atom. The summed E-state index contributed by atoms with van der Waals surface area (Å²) in [5, 5.41) is 28.3. The highest BCUT2D eigenvalue weighted by atomic mass is 32.1. The molecule has 0 spiro atoms. The average molecular weight is 457 g/mol. The molecule has 1 heterocycles. The lowest BCUT2D eigenvalue weighted by atomic mass is 10.1. The van der Waals surface area contributed by atoms with Gasteiger partial charge in [0.05, 0.1) is 17.7 Å².